The Morgan fingerprint density at radius 3 is 2.54 bits per heavy atom. The Balaban J connectivity index is 2.49. The van der Waals surface area contributed by atoms with Gasteiger partial charge < -0.3 is 0 Å². The quantitative estimate of drug-likeness (QED) is 0.684. The summed E-state index contributed by atoms with van der Waals surface area (Å²) in [5.74, 6) is 1.88. The first kappa shape index (κ1) is 8.64. The summed E-state index contributed by atoms with van der Waals surface area (Å²) in [5.41, 5.74) is 1.31. The van der Waals surface area contributed by atoms with Crippen molar-refractivity contribution in [3.05, 3.63) is 53.8 Å². The molecule has 0 bridgehead atoms. The van der Waals surface area contributed by atoms with Gasteiger partial charge in [-0.05, 0) is 22.8 Å². The molecule has 0 N–H and O–H groups in total. The second-order valence-corrected chi connectivity index (χ2v) is 3.43. The minimum absolute atomic E-state index is 0.925. The third-order valence-electron chi connectivity index (χ3n) is 2.14. The smallest absolute Gasteiger partial charge is 0.0177 e. The topological polar surface area (TPSA) is 0 Å². The van der Waals surface area contributed by atoms with Gasteiger partial charge in [-0.15, -0.1) is 0 Å². The van der Waals surface area contributed by atoms with Crippen molar-refractivity contribution >= 4 is 23.4 Å². The molecule has 0 nitrogen and oxygen atoms in total. The minimum atomic E-state index is 0.925. The first-order valence-electron chi connectivity index (χ1n) is 4.34. The Labute approximate surface area is 84.0 Å². The molecule has 0 aliphatic heterocycles. The van der Waals surface area contributed by atoms with E-state index in [1.54, 1.807) is 0 Å². The van der Waals surface area contributed by atoms with Crippen LogP contribution in [0.1, 0.15) is 5.56 Å². The fraction of sp³-hybridized carbons (Fsp3) is 0.0833. The zero-order valence-corrected chi connectivity index (χ0v) is 8.17. The van der Waals surface area contributed by atoms with E-state index in [9.17, 15) is 0 Å². The SMILES string of the molecule is S[CH]Cc1ccc2ccccc2c1. The third-order valence-corrected chi connectivity index (χ3v) is 2.32. The van der Waals surface area contributed by atoms with Crippen molar-refractivity contribution in [2.75, 3.05) is 0 Å². The van der Waals surface area contributed by atoms with Crippen molar-refractivity contribution in [2.24, 2.45) is 0 Å². The zero-order valence-electron chi connectivity index (χ0n) is 7.27. The molecule has 0 amide bonds. The molecule has 13 heavy (non-hydrogen) atoms. The molecule has 1 heteroatoms. The summed E-state index contributed by atoms with van der Waals surface area (Å²) < 4.78 is 0. The van der Waals surface area contributed by atoms with Gasteiger partial charge in [-0.25, -0.2) is 0 Å². The fourth-order valence-electron chi connectivity index (χ4n) is 1.47. The van der Waals surface area contributed by atoms with Crippen LogP contribution in [0.4, 0.5) is 0 Å². The van der Waals surface area contributed by atoms with Crippen molar-refractivity contribution in [3.63, 3.8) is 0 Å². The van der Waals surface area contributed by atoms with E-state index in [4.69, 9.17) is 0 Å². The highest BCUT2D eigenvalue weighted by Crippen LogP contribution is 2.16. The number of fused-ring (bicyclic) bond motifs is 1. The summed E-state index contributed by atoms with van der Waals surface area (Å²) in [6, 6.07) is 14.9. The molecule has 2 aromatic rings. The van der Waals surface area contributed by atoms with Crippen molar-refractivity contribution in [1.82, 2.24) is 0 Å². The second kappa shape index (κ2) is 3.84. The van der Waals surface area contributed by atoms with Crippen LogP contribution in [0.5, 0.6) is 0 Å². The predicted octanol–water partition coefficient (Wildman–Crippen LogP) is 3.47. The third kappa shape index (κ3) is 1.86. The Hall–Kier alpha value is -0.950. The standard InChI is InChI=1S/C12H11S/c13-8-7-10-5-6-11-3-1-2-4-12(11)9-10/h1-6,8-9,13H,7H2. The van der Waals surface area contributed by atoms with Gasteiger partial charge in [-0.2, -0.15) is 12.6 Å². The van der Waals surface area contributed by atoms with E-state index in [1.165, 1.54) is 16.3 Å². The van der Waals surface area contributed by atoms with Gasteiger partial charge in [-0.1, -0.05) is 42.5 Å². The maximum absolute atomic E-state index is 4.10. The van der Waals surface area contributed by atoms with Crippen molar-refractivity contribution in [3.8, 4) is 0 Å². The second-order valence-electron chi connectivity index (χ2n) is 3.07. The van der Waals surface area contributed by atoms with Crippen LogP contribution in [0.25, 0.3) is 10.8 Å². The van der Waals surface area contributed by atoms with Gasteiger partial charge >= 0.3 is 0 Å². The first-order chi connectivity index (χ1) is 6.40. The summed E-state index contributed by atoms with van der Waals surface area (Å²) in [4.78, 5) is 0. The summed E-state index contributed by atoms with van der Waals surface area (Å²) in [6.45, 7) is 0. The van der Waals surface area contributed by atoms with E-state index in [0.717, 1.165) is 6.42 Å². The van der Waals surface area contributed by atoms with Crippen LogP contribution >= 0.6 is 12.6 Å². The molecule has 0 saturated heterocycles. The lowest BCUT2D eigenvalue weighted by atomic mass is 10.1. The summed E-state index contributed by atoms with van der Waals surface area (Å²) in [7, 11) is 0. The number of benzene rings is 2. The fourth-order valence-corrected chi connectivity index (χ4v) is 1.68. The van der Waals surface area contributed by atoms with Gasteiger partial charge in [0.1, 0.15) is 0 Å². The molecule has 0 fully saturated rings. The summed E-state index contributed by atoms with van der Waals surface area (Å²) >= 11 is 4.10. The summed E-state index contributed by atoms with van der Waals surface area (Å²) in [6.07, 6.45) is 0.925. The molecule has 65 valence electrons. The highest BCUT2D eigenvalue weighted by molar-refractivity contribution is 7.82. The number of rotatable bonds is 2. The van der Waals surface area contributed by atoms with Gasteiger partial charge in [0.25, 0.3) is 0 Å². The van der Waals surface area contributed by atoms with Crippen LogP contribution in [0, 0.1) is 5.75 Å². The maximum Gasteiger partial charge on any atom is 0.0177 e. The van der Waals surface area contributed by atoms with Gasteiger partial charge in [0.2, 0.25) is 0 Å². The predicted molar refractivity (Wildman–Crippen MR) is 60.9 cm³/mol. The lowest BCUT2D eigenvalue weighted by molar-refractivity contribution is 1.26. The van der Waals surface area contributed by atoms with E-state index in [2.05, 4.69) is 55.1 Å². The van der Waals surface area contributed by atoms with Gasteiger partial charge in [-0.3, -0.25) is 0 Å². The molecule has 0 aromatic heterocycles. The van der Waals surface area contributed by atoms with Crippen LogP contribution in [-0.4, -0.2) is 0 Å². The number of thiol groups is 1. The normalized spacial score (nSPS) is 10.5. The van der Waals surface area contributed by atoms with Gasteiger partial charge in [0.15, 0.2) is 0 Å². The van der Waals surface area contributed by atoms with Crippen LogP contribution < -0.4 is 0 Å². The number of hydrogen-bond donors (Lipinski definition) is 1. The van der Waals surface area contributed by atoms with E-state index in [1.807, 2.05) is 5.75 Å². The molecule has 0 aliphatic rings. The molecule has 0 aliphatic carbocycles. The van der Waals surface area contributed by atoms with Crippen molar-refractivity contribution in [2.45, 2.75) is 6.42 Å². The minimum Gasteiger partial charge on any atom is -0.174 e. The molecule has 1 radical (unpaired) electrons. The largest absolute Gasteiger partial charge is 0.174 e. The average Bonchev–Trinajstić information content (AvgIpc) is 2.18. The zero-order chi connectivity index (χ0) is 9.10. The van der Waals surface area contributed by atoms with Crippen LogP contribution in [0.2, 0.25) is 0 Å². The lowest BCUT2D eigenvalue weighted by Gasteiger charge is -2.00. The number of hydrogen-bond acceptors (Lipinski definition) is 1. The molecular weight excluding hydrogens is 176 g/mol. The average molecular weight is 187 g/mol. The first-order valence-corrected chi connectivity index (χ1v) is 4.85. The molecule has 2 rings (SSSR count). The van der Waals surface area contributed by atoms with E-state index < -0.39 is 0 Å². The van der Waals surface area contributed by atoms with Crippen molar-refractivity contribution < 1.29 is 0 Å². The molecule has 0 heterocycles. The molecule has 0 unspecified atom stereocenters. The highest BCUT2D eigenvalue weighted by Gasteiger charge is 1.94. The Kier molecular flexibility index (Phi) is 2.55. The lowest BCUT2D eigenvalue weighted by Crippen LogP contribution is -1.81. The Morgan fingerprint density at radius 1 is 1.00 bits per heavy atom. The Bertz CT molecular complexity index is 407. The highest BCUT2D eigenvalue weighted by atomic mass is 32.1. The monoisotopic (exact) mass is 187 g/mol. The van der Waals surface area contributed by atoms with Gasteiger partial charge in [0, 0.05) is 5.75 Å². The molecule has 0 atom stereocenters. The van der Waals surface area contributed by atoms with E-state index >= 15 is 0 Å². The molecule has 0 spiro atoms. The maximum atomic E-state index is 4.10. The van der Waals surface area contributed by atoms with E-state index in [-0.39, 0.29) is 0 Å². The van der Waals surface area contributed by atoms with Gasteiger partial charge in [0.05, 0.1) is 0 Å². The molecule has 2 aromatic carbocycles. The molecular formula is C12H11S. The van der Waals surface area contributed by atoms with E-state index in [0.29, 0.717) is 0 Å². The van der Waals surface area contributed by atoms with Crippen LogP contribution in [-0.2, 0) is 6.42 Å². The molecule has 0 saturated carbocycles. The van der Waals surface area contributed by atoms with Crippen molar-refractivity contribution in [1.29, 1.82) is 0 Å². The Morgan fingerprint density at radius 2 is 1.77 bits per heavy atom. The van der Waals surface area contributed by atoms with Crippen LogP contribution in [0.15, 0.2) is 42.5 Å². The summed E-state index contributed by atoms with van der Waals surface area (Å²) in [5, 5.41) is 2.60. The van der Waals surface area contributed by atoms with Crippen LogP contribution in [0.3, 0.4) is 0 Å².